The van der Waals surface area contributed by atoms with E-state index in [1.807, 2.05) is 19.9 Å². The van der Waals surface area contributed by atoms with Crippen molar-refractivity contribution in [1.29, 1.82) is 5.26 Å². The zero-order valence-electron chi connectivity index (χ0n) is 11.9. The summed E-state index contributed by atoms with van der Waals surface area (Å²) in [6, 6.07) is 6.09. The van der Waals surface area contributed by atoms with Crippen molar-refractivity contribution < 1.29 is 9.72 Å². The maximum absolute atomic E-state index is 12.6. The topological polar surface area (TPSA) is 87.2 Å². The van der Waals surface area contributed by atoms with Crippen LogP contribution in [0.1, 0.15) is 30.6 Å². The minimum absolute atomic E-state index is 0.0416. The number of carbonyl (C=O) groups excluding carboxylic acids is 1. The highest BCUT2D eigenvalue weighted by atomic mass is 35.5. The third-order valence-corrected chi connectivity index (χ3v) is 3.08. The van der Waals surface area contributed by atoms with Crippen LogP contribution in [0.5, 0.6) is 0 Å². The van der Waals surface area contributed by atoms with Crippen molar-refractivity contribution in [3.63, 3.8) is 0 Å². The molecule has 0 aromatic heterocycles. The van der Waals surface area contributed by atoms with Crippen LogP contribution in [0.25, 0.3) is 0 Å². The Balaban J connectivity index is 3.20. The van der Waals surface area contributed by atoms with Gasteiger partial charge in [0.05, 0.1) is 22.4 Å². The van der Waals surface area contributed by atoms with E-state index in [9.17, 15) is 14.9 Å². The summed E-state index contributed by atoms with van der Waals surface area (Å²) >= 11 is 5.97. The number of halogens is 1. The Morgan fingerprint density at radius 2 is 2.19 bits per heavy atom. The second kappa shape index (κ2) is 7.60. The van der Waals surface area contributed by atoms with Gasteiger partial charge in [-0.1, -0.05) is 31.5 Å². The molecular formula is C14H16ClN3O3. The predicted octanol–water partition coefficient (Wildman–Crippen LogP) is 3.26. The molecular weight excluding hydrogens is 294 g/mol. The van der Waals surface area contributed by atoms with Crippen LogP contribution in [0.2, 0.25) is 5.02 Å². The molecule has 0 unspecified atom stereocenters. The zero-order chi connectivity index (χ0) is 16.0. The molecule has 0 aliphatic heterocycles. The highest BCUT2D eigenvalue weighted by Gasteiger charge is 2.27. The number of nitro groups is 1. The molecule has 0 aliphatic rings. The molecule has 6 nitrogen and oxygen atoms in total. The largest absolute Gasteiger partial charge is 0.337 e. The van der Waals surface area contributed by atoms with Crippen LogP contribution in [0.4, 0.5) is 5.69 Å². The lowest BCUT2D eigenvalue weighted by Gasteiger charge is -2.24. The first-order valence-corrected chi connectivity index (χ1v) is 6.85. The second-order valence-corrected chi connectivity index (χ2v) is 5.35. The Morgan fingerprint density at radius 1 is 1.52 bits per heavy atom. The third-order valence-electron chi connectivity index (χ3n) is 2.77. The molecule has 0 saturated carbocycles. The second-order valence-electron chi connectivity index (χ2n) is 4.94. The van der Waals surface area contributed by atoms with Gasteiger partial charge in [-0.2, -0.15) is 5.26 Å². The maximum atomic E-state index is 12.6. The molecule has 0 fully saturated rings. The first-order chi connectivity index (χ1) is 9.88. The monoisotopic (exact) mass is 309 g/mol. The number of hydrogen-bond donors (Lipinski definition) is 0. The smallest absolute Gasteiger partial charge is 0.283 e. The average molecular weight is 310 g/mol. The number of amides is 1. The number of nitriles is 1. The Bertz CT molecular complexity index is 581. The lowest BCUT2D eigenvalue weighted by atomic mass is 10.1. The minimum atomic E-state index is -0.628. The first-order valence-electron chi connectivity index (χ1n) is 6.47. The number of rotatable bonds is 6. The Hall–Kier alpha value is -2.13. The fourth-order valence-electron chi connectivity index (χ4n) is 1.94. The van der Waals surface area contributed by atoms with Crippen molar-refractivity contribution in [3.05, 3.63) is 38.9 Å². The Kier molecular flexibility index (Phi) is 6.12. The molecule has 0 saturated heterocycles. The van der Waals surface area contributed by atoms with Crippen molar-refractivity contribution in [3.8, 4) is 6.07 Å². The van der Waals surface area contributed by atoms with Gasteiger partial charge in [0.15, 0.2) is 0 Å². The van der Waals surface area contributed by atoms with E-state index in [1.165, 1.54) is 23.1 Å². The summed E-state index contributed by atoms with van der Waals surface area (Å²) in [5, 5.41) is 19.8. The van der Waals surface area contributed by atoms with Gasteiger partial charge in [0, 0.05) is 19.2 Å². The van der Waals surface area contributed by atoms with Gasteiger partial charge < -0.3 is 4.90 Å². The highest BCUT2D eigenvalue weighted by molar-refractivity contribution is 6.34. The summed E-state index contributed by atoms with van der Waals surface area (Å²) in [5.41, 5.74) is -0.444. The fourth-order valence-corrected chi connectivity index (χ4v) is 2.19. The van der Waals surface area contributed by atoms with E-state index in [4.69, 9.17) is 16.9 Å². The van der Waals surface area contributed by atoms with Crippen LogP contribution in [0, 0.1) is 27.4 Å². The van der Waals surface area contributed by atoms with E-state index in [0.717, 1.165) is 0 Å². The molecule has 0 atom stereocenters. The lowest BCUT2D eigenvalue weighted by molar-refractivity contribution is -0.385. The number of nitrogens with zero attached hydrogens (tertiary/aromatic N) is 3. The predicted molar refractivity (Wildman–Crippen MR) is 79.1 cm³/mol. The molecule has 0 aliphatic carbocycles. The molecule has 7 heteroatoms. The van der Waals surface area contributed by atoms with E-state index < -0.39 is 10.8 Å². The van der Waals surface area contributed by atoms with Crippen LogP contribution in [-0.2, 0) is 0 Å². The average Bonchev–Trinajstić information content (AvgIpc) is 2.41. The number of hydrogen-bond acceptors (Lipinski definition) is 4. The van der Waals surface area contributed by atoms with Crippen molar-refractivity contribution in [2.24, 2.45) is 5.92 Å². The Labute approximate surface area is 128 Å². The van der Waals surface area contributed by atoms with E-state index >= 15 is 0 Å². The standard InChI is InChI=1S/C14H16ClN3O3/c1-10(2)9-17(8-4-7-16)14(19)13-11(15)5-3-6-12(13)18(20)21/h3,5-6,10H,4,8-9H2,1-2H3. The zero-order valence-corrected chi connectivity index (χ0v) is 12.6. The molecule has 0 spiro atoms. The minimum Gasteiger partial charge on any atom is -0.337 e. The molecule has 0 bridgehead atoms. The fraction of sp³-hybridized carbons (Fsp3) is 0.429. The third kappa shape index (κ3) is 4.43. The van der Waals surface area contributed by atoms with Gasteiger partial charge in [0.2, 0.25) is 0 Å². The van der Waals surface area contributed by atoms with Crippen molar-refractivity contribution in [2.75, 3.05) is 13.1 Å². The maximum Gasteiger partial charge on any atom is 0.283 e. The van der Waals surface area contributed by atoms with Crippen LogP contribution in [0.15, 0.2) is 18.2 Å². The quantitative estimate of drug-likeness (QED) is 0.596. The molecule has 0 radical (unpaired) electrons. The number of nitro benzene ring substituents is 1. The molecule has 1 amide bonds. The summed E-state index contributed by atoms with van der Waals surface area (Å²) in [6.07, 6.45) is 0.163. The number of carbonyl (C=O) groups is 1. The summed E-state index contributed by atoms with van der Waals surface area (Å²) in [4.78, 5) is 24.4. The Morgan fingerprint density at radius 3 is 2.71 bits per heavy atom. The normalized spacial score (nSPS) is 10.2. The van der Waals surface area contributed by atoms with E-state index in [2.05, 4.69) is 0 Å². The highest BCUT2D eigenvalue weighted by Crippen LogP contribution is 2.27. The van der Waals surface area contributed by atoms with Gasteiger partial charge in [0.1, 0.15) is 5.56 Å². The van der Waals surface area contributed by atoms with Gasteiger partial charge >= 0.3 is 0 Å². The molecule has 112 valence electrons. The van der Waals surface area contributed by atoms with Gasteiger partial charge in [-0.25, -0.2) is 0 Å². The molecule has 1 aromatic rings. The summed E-state index contributed by atoms with van der Waals surface area (Å²) in [6.45, 7) is 4.47. The van der Waals surface area contributed by atoms with Crippen LogP contribution in [-0.4, -0.2) is 28.8 Å². The van der Waals surface area contributed by atoms with Gasteiger partial charge in [-0.15, -0.1) is 0 Å². The van der Waals surface area contributed by atoms with Gasteiger partial charge in [0.25, 0.3) is 11.6 Å². The molecule has 0 heterocycles. The van der Waals surface area contributed by atoms with Crippen LogP contribution >= 0.6 is 11.6 Å². The summed E-state index contributed by atoms with van der Waals surface area (Å²) in [5.74, 6) is -0.342. The lowest BCUT2D eigenvalue weighted by Crippen LogP contribution is -2.35. The molecule has 21 heavy (non-hydrogen) atoms. The van der Waals surface area contributed by atoms with Gasteiger partial charge in [-0.05, 0) is 12.0 Å². The van der Waals surface area contributed by atoms with E-state index in [-0.39, 0.29) is 35.2 Å². The summed E-state index contributed by atoms with van der Waals surface area (Å²) in [7, 11) is 0. The van der Waals surface area contributed by atoms with E-state index in [1.54, 1.807) is 0 Å². The molecule has 1 rings (SSSR count). The van der Waals surface area contributed by atoms with Gasteiger partial charge in [-0.3, -0.25) is 14.9 Å². The van der Waals surface area contributed by atoms with Crippen molar-refractivity contribution >= 4 is 23.2 Å². The van der Waals surface area contributed by atoms with Crippen LogP contribution in [0.3, 0.4) is 0 Å². The first kappa shape index (κ1) is 16.9. The van der Waals surface area contributed by atoms with E-state index in [0.29, 0.717) is 6.54 Å². The van der Waals surface area contributed by atoms with Crippen molar-refractivity contribution in [1.82, 2.24) is 4.90 Å². The summed E-state index contributed by atoms with van der Waals surface area (Å²) < 4.78 is 0. The van der Waals surface area contributed by atoms with Crippen molar-refractivity contribution in [2.45, 2.75) is 20.3 Å². The van der Waals surface area contributed by atoms with Crippen LogP contribution < -0.4 is 0 Å². The SMILES string of the molecule is CC(C)CN(CCC#N)C(=O)c1c(Cl)cccc1[N+](=O)[O-]. The molecule has 0 N–H and O–H groups in total. The molecule has 1 aromatic carbocycles. The number of benzene rings is 1.